The molecule has 1 aromatic heterocycles. The number of likely N-dealkylation sites (tertiary alicyclic amines) is 1. The van der Waals surface area contributed by atoms with Crippen LogP contribution in [-0.2, 0) is 4.74 Å². The van der Waals surface area contributed by atoms with Crippen molar-refractivity contribution in [1.29, 1.82) is 0 Å². The molecule has 0 spiro atoms. The Bertz CT molecular complexity index is 499. The van der Waals surface area contributed by atoms with Crippen molar-refractivity contribution < 1.29 is 9.53 Å². The Balaban J connectivity index is 1.47. The second-order valence-corrected chi connectivity index (χ2v) is 7.95. The molecule has 3 unspecified atom stereocenters. The summed E-state index contributed by atoms with van der Waals surface area (Å²) in [6, 6.07) is 0.865. The summed E-state index contributed by atoms with van der Waals surface area (Å²) in [7, 11) is 0. The van der Waals surface area contributed by atoms with E-state index in [0.717, 1.165) is 13.1 Å². The van der Waals surface area contributed by atoms with E-state index in [9.17, 15) is 4.79 Å². The average Bonchev–Trinajstić information content (AvgIpc) is 2.87. The molecule has 21 heavy (non-hydrogen) atoms. The fraction of sp³-hybridized carbons (Fsp3) is 0.733. The molecule has 116 valence electrons. The van der Waals surface area contributed by atoms with Crippen molar-refractivity contribution in [3.05, 3.63) is 16.6 Å². The average molecular weight is 309 g/mol. The third-order valence-corrected chi connectivity index (χ3v) is 5.12. The summed E-state index contributed by atoms with van der Waals surface area (Å²) >= 11 is 1.68. The number of piperidine rings is 1. The Hall–Kier alpha value is -1.14. The summed E-state index contributed by atoms with van der Waals surface area (Å²) in [5.41, 5.74) is 1.45. The van der Waals surface area contributed by atoms with Crippen LogP contribution in [0.25, 0.3) is 0 Å². The van der Waals surface area contributed by atoms with E-state index in [-0.39, 0.29) is 6.09 Å². The largest absolute Gasteiger partial charge is 0.444 e. The van der Waals surface area contributed by atoms with Crippen molar-refractivity contribution in [2.45, 2.75) is 45.4 Å². The van der Waals surface area contributed by atoms with Crippen molar-refractivity contribution in [2.24, 2.45) is 11.8 Å². The highest BCUT2D eigenvalue weighted by atomic mass is 32.1. The Morgan fingerprint density at radius 3 is 2.67 bits per heavy atom. The Labute approximate surface area is 129 Å². The monoisotopic (exact) mass is 309 g/mol. The first-order valence-corrected chi connectivity index (χ1v) is 8.35. The highest BCUT2D eigenvalue weighted by Crippen LogP contribution is 2.46. The van der Waals surface area contributed by atoms with Crippen molar-refractivity contribution in [3.8, 4) is 0 Å². The maximum absolute atomic E-state index is 12.0. The first-order chi connectivity index (χ1) is 9.85. The lowest BCUT2D eigenvalue weighted by atomic mass is 10.2. The van der Waals surface area contributed by atoms with E-state index < -0.39 is 5.60 Å². The van der Waals surface area contributed by atoms with E-state index in [0.29, 0.717) is 23.9 Å². The zero-order valence-electron chi connectivity index (χ0n) is 13.0. The molecule has 0 aromatic carbocycles. The molecule has 0 bridgehead atoms. The van der Waals surface area contributed by atoms with Crippen LogP contribution in [0.5, 0.6) is 0 Å². The maximum atomic E-state index is 12.0. The molecule has 2 heterocycles. The molecule has 1 aliphatic carbocycles. The number of aromatic nitrogens is 1. The molecule has 2 fully saturated rings. The van der Waals surface area contributed by atoms with Crippen LogP contribution in [0.1, 0.15) is 38.6 Å². The van der Waals surface area contributed by atoms with Crippen molar-refractivity contribution in [1.82, 2.24) is 15.2 Å². The number of nitrogens with one attached hydrogen (secondary N) is 1. The zero-order chi connectivity index (χ0) is 15.2. The molecule has 1 saturated carbocycles. The van der Waals surface area contributed by atoms with E-state index >= 15 is 0 Å². The molecular formula is C15H23N3O2S. The number of fused-ring (bicyclic) bond motifs is 1. The third-order valence-electron chi connectivity index (χ3n) is 4.17. The van der Waals surface area contributed by atoms with Crippen molar-refractivity contribution in [2.75, 3.05) is 13.1 Å². The summed E-state index contributed by atoms with van der Waals surface area (Å²) in [6.45, 7) is 9.51. The lowest BCUT2D eigenvalue weighted by Gasteiger charge is -2.26. The molecule has 1 N–H and O–H groups in total. The molecule has 2 aliphatic rings. The van der Waals surface area contributed by atoms with Crippen LogP contribution >= 0.6 is 11.3 Å². The van der Waals surface area contributed by atoms with Gasteiger partial charge >= 0.3 is 6.09 Å². The molecule has 1 saturated heterocycles. The van der Waals surface area contributed by atoms with Gasteiger partial charge in [0.25, 0.3) is 0 Å². The highest BCUT2D eigenvalue weighted by Gasteiger charge is 2.57. The molecule has 5 nitrogen and oxygen atoms in total. The lowest BCUT2D eigenvalue weighted by Crippen LogP contribution is -2.39. The van der Waals surface area contributed by atoms with Crippen molar-refractivity contribution >= 4 is 17.4 Å². The minimum Gasteiger partial charge on any atom is -0.444 e. The van der Waals surface area contributed by atoms with Crippen LogP contribution in [0.3, 0.4) is 0 Å². The van der Waals surface area contributed by atoms with Crippen LogP contribution in [0.2, 0.25) is 0 Å². The van der Waals surface area contributed by atoms with Gasteiger partial charge in [0, 0.05) is 36.2 Å². The standard InChI is InChI=1S/C15H23N3O2S/c1-9(12-5-16-8-21-12)17-13-10-6-18(7-11(10)13)14(19)20-15(2,3)4/h5,8-11,13,17H,6-7H2,1-4H3. The predicted octanol–water partition coefficient (Wildman–Crippen LogP) is 2.66. The molecule has 0 radical (unpaired) electrons. The van der Waals surface area contributed by atoms with Gasteiger partial charge in [0.15, 0.2) is 0 Å². The van der Waals surface area contributed by atoms with Gasteiger partial charge in [0.05, 0.1) is 5.51 Å². The minimum atomic E-state index is -0.414. The number of nitrogens with zero attached hydrogens (tertiary/aromatic N) is 2. The number of rotatable bonds is 3. The van der Waals surface area contributed by atoms with Gasteiger partial charge in [-0.1, -0.05) is 0 Å². The second-order valence-electron chi connectivity index (χ2n) is 7.03. The van der Waals surface area contributed by atoms with Gasteiger partial charge in [-0.05, 0) is 39.5 Å². The number of amides is 1. The summed E-state index contributed by atoms with van der Waals surface area (Å²) < 4.78 is 5.43. The first kappa shape index (κ1) is 14.8. The molecule has 6 heteroatoms. The number of carbonyl (C=O) groups excluding carboxylic acids is 1. The normalized spacial score (nSPS) is 29.1. The molecule has 3 atom stereocenters. The number of hydrogen-bond donors (Lipinski definition) is 1. The third kappa shape index (κ3) is 3.21. The number of hydrogen-bond acceptors (Lipinski definition) is 5. The molecular weight excluding hydrogens is 286 g/mol. The van der Waals surface area contributed by atoms with Crippen molar-refractivity contribution in [3.63, 3.8) is 0 Å². The lowest BCUT2D eigenvalue weighted by molar-refractivity contribution is 0.0269. The van der Waals surface area contributed by atoms with E-state index in [1.54, 1.807) is 11.3 Å². The van der Waals surface area contributed by atoms with Crippen LogP contribution in [0.4, 0.5) is 4.79 Å². The fourth-order valence-corrected chi connectivity index (χ4v) is 3.70. The van der Waals surface area contributed by atoms with Gasteiger partial charge in [-0.25, -0.2) is 4.79 Å². The number of thiazole rings is 1. The smallest absolute Gasteiger partial charge is 0.410 e. The molecule has 1 amide bonds. The zero-order valence-corrected chi connectivity index (χ0v) is 13.8. The number of carbonyl (C=O) groups is 1. The maximum Gasteiger partial charge on any atom is 0.410 e. The van der Waals surface area contributed by atoms with E-state index in [4.69, 9.17) is 4.74 Å². The quantitative estimate of drug-likeness (QED) is 0.932. The van der Waals surface area contributed by atoms with Gasteiger partial charge in [0.1, 0.15) is 5.60 Å². The Kier molecular flexibility index (Phi) is 3.69. The SMILES string of the molecule is CC(NC1C2CN(C(=O)OC(C)(C)C)CC21)c1cncs1. The summed E-state index contributed by atoms with van der Waals surface area (Å²) in [6.07, 6.45) is 1.75. The predicted molar refractivity (Wildman–Crippen MR) is 82.2 cm³/mol. The van der Waals surface area contributed by atoms with E-state index in [1.165, 1.54) is 4.88 Å². The summed E-state index contributed by atoms with van der Waals surface area (Å²) in [5, 5.41) is 3.66. The van der Waals surface area contributed by atoms with Crippen LogP contribution < -0.4 is 5.32 Å². The molecule has 1 aliphatic heterocycles. The topological polar surface area (TPSA) is 54.5 Å². The highest BCUT2D eigenvalue weighted by molar-refractivity contribution is 7.09. The van der Waals surface area contributed by atoms with Gasteiger partial charge < -0.3 is 15.0 Å². The second kappa shape index (κ2) is 5.25. The fourth-order valence-electron chi connectivity index (χ4n) is 3.06. The number of ether oxygens (including phenoxy) is 1. The molecule has 1 aromatic rings. The van der Waals surface area contributed by atoms with Crippen LogP contribution in [0.15, 0.2) is 11.7 Å². The van der Waals surface area contributed by atoms with Gasteiger partial charge in [-0.2, -0.15) is 0 Å². The summed E-state index contributed by atoms with van der Waals surface area (Å²) in [4.78, 5) is 19.3. The van der Waals surface area contributed by atoms with E-state index in [1.807, 2.05) is 37.4 Å². The minimum absolute atomic E-state index is 0.177. The van der Waals surface area contributed by atoms with Crippen LogP contribution in [-0.4, -0.2) is 40.7 Å². The van der Waals surface area contributed by atoms with Gasteiger partial charge in [0.2, 0.25) is 0 Å². The first-order valence-electron chi connectivity index (χ1n) is 7.47. The van der Waals surface area contributed by atoms with E-state index in [2.05, 4.69) is 17.2 Å². The van der Waals surface area contributed by atoms with Crippen LogP contribution in [0, 0.1) is 11.8 Å². The Morgan fingerprint density at radius 2 is 2.14 bits per heavy atom. The summed E-state index contributed by atoms with van der Waals surface area (Å²) in [5.74, 6) is 1.15. The Morgan fingerprint density at radius 1 is 1.48 bits per heavy atom. The van der Waals surface area contributed by atoms with Gasteiger partial charge in [-0.3, -0.25) is 4.98 Å². The van der Waals surface area contributed by atoms with Gasteiger partial charge in [-0.15, -0.1) is 11.3 Å². The molecule has 3 rings (SSSR count).